The lowest BCUT2D eigenvalue weighted by atomic mass is 9.93. The van der Waals surface area contributed by atoms with Crippen molar-refractivity contribution in [2.45, 2.75) is 39.2 Å². The van der Waals surface area contributed by atoms with E-state index in [2.05, 4.69) is 18.8 Å². The largest absolute Gasteiger partial charge is 0.507 e. The Kier molecular flexibility index (Phi) is 7.23. The second kappa shape index (κ2) is 10.6. The Morgan fingerprint density at radius 1 is 1.11 bits per heavy atom. The van der Waals surface area contributed by atoms with Gasteiger partial charge in [0.15, 0.2) is 5.13 Å². The molecule has 1 saturated heterocycles. The minimum atomic E-state index is -0.854. The first-order valence-corrected chi connectivity index (χ1v) is 13.7. The highest BCUT2D eigenvalue weighted by Crippen LogP contribution is 2.45. The number of benzene rings is 3. The number of amides is 1. The summed E-state index contributed by atoms with van der Waals surface area (Å²) >= 11 is 7.45. The van der Waals surface area contributed by atoms with E-state index in [1.54, 1.807) is 42.5 Å². The summed E-state index contributed by atoms with van der Waals surface area (Å²) < 4.78 is 6.52. The van der Waals surface area contributed by atoms with Gasteiger partial charge in [-0.15, -0.1) is 0 Å². The minimum absolute atomic E-state index is 0.0113. The van der Waals surface area contributed by atoms with Gasteiger partial charge in [-0.3, -0.25) is 14.5 Å². The molecule has 0 bridgehead atoms. The third kappa shape index (κ3) is 4.79. The Bertz CT molecular complexity index is 1560. The standard InChI is InChI=1S/C30H27ClN2O4S/c1-4-14-37-22-7-5-6-20(15-22)27(34)25-26(19-10-8-18(9-11-19)17(2)3)33(29(36)28(25)35)30-32-23-13-12-21(31)16-24(23)38-30/h5-13,15-17,26,34H,4,14H2,1-3H3. The van der Waals surface area contributed by atoms with E-state index < -0.39 is 17.7 Å². The van der Waals surface area contributed by atoms with E-state index in [1.165, 1.54) is 16.2 Å². The fourth-order valence-electron chi connectivity index (χ4n) is 4.51. The highest BCUT2D eigenvalue weighted by Gasteiger charge is 2.48. The Morgan fingerprint density at radius 2 is 1.87 bits per heavy atom. The molecule has 194 valence electrons. The van der Waals surface area contributed by atoms with Crippen molar-refractivity contribution < 1.29 is 19.4 Å². The van der Waals surface area contributed by atoms with E-state index in [0.717, 1.165) is 16.7 Å². The van der Waals surface area contributed by atoms with Crippen LogP contribution < -0.4 is 9.64 Å². The van der Waals surface area contributed by atoms with Crippen LogP contribution in [0.5, 0.6) is 5.75 Å². The lowest BCUT2D eigenvalue weighted by molar-refractivity contribution is -0.132. The van der Waals surface area contributed by atoms with Crippen LogP contribution in [-0.4, -0.2) is 28.4 Å². The zero-order valence-corrected chi connectivity index (χ0v) is 22.8. The van der Waals surface area contributed by atoms with E-state index in [1.807, 2.05) is 31.2 Å². The normalized spacial score (nSPS) is 17.1. The number of hydrogen-bond acceptors (Lipinski definition) is 6. The van der Waals surface area contributed by atoms with Gasteiger partial charge in [-0.1, -0.05) is 80.1 Å². The first kappa shape index (κ1) is 25.9. The van der Waals surface area contributed by atoms with E-state index in [9.17, 15) is 14.7 Å². The van der Waals surface area contributed by atoms with Crippen molar-refractivity contribution in [3.05, 3.63) is 94.0 Å². The molecular weight excluding hydrogens is 520 g/mol. The zero-order chi connectivity index (χ0) is 27.0. The number of nitrogens with zero attached hydrogens (tertiary/aromatic N) is 2. The number of rotatable bonds is 7. The molecule has 1 atom stereocenters. The summed E-state index contributed by atoms with van der Waals surface area (Å²) in [7, 11) is 0. The third-order valence-electron chi connectivity index (χ3n) is 6.49. The molecule has 4 aromatic rings. The average Bonchev–Trinajstić information content (AvgIpc) is 3.44. The smallest absolute Gasteiger partial charge is 0.301 e. The van der Waals surface area contributed by atoms with E-state index in [-0.39, 0.29) is 11.3 Å². The quantitative estimate of drug-likeness (QED) is 0.147. The first-order chi connectivity index (χ1) is 18.3. The Morgan fingerprint density at radius 3 is 2.58 bits per heavy atom. The Labute approximate surface area is 230 Å². The average molecular weight is 547 g/mol. The summed E-state index contributed by atoms with van der Waals surface area (Å²) in [5.74, 6) is -0.873. The molecular formula is C30H27ClN2O4S. The topological polar surface area (TPSA) is 79.7 Å². The number of aliphatic hydroxyl groups excluding tert-OH is 1. The molecule has 3 aromatic carbocycles. The second-order valence-electron chi connectivity index (χ2n) is 9.48. The van der Waals surface area contributed by atoms with Gasteiger partial charge in [0.05, 0.1) is 28.4 Å². The number of thiazole rings is 1. The maximum Gasteiger partial charge on any atom is 0.301 e. The van der Waals surface area contributed by atoms with Crippen LogP contribution in [0.2, 0.25) is 5.02 Å². The molecule has 1 aromatic heterocycles. The van der Waals surface area contributed by atoms with Crippen molar-refractivity contribution in [2.75, 3.05) is 11.5 Å². The highest BCUT2D eigenvalue weighted by molar-refractivity contribution is 7.22. The number of carbonyl (C=O) groups excluding carboxylic acids is 2. The van der Waals surface area contributed by atoms with E-state index in [4.69, 9.17) is 16.3 Å². The van der Waals surface area contributed by atoms with Crippen molar-refractivity contribution in [3.63, 3.8) is 0 Å². The molecule has 1 fully saturated rings. The summed E-state index contributed by atoms with van der Waals surface area (Å²) in [6.45, 7) is 6.73. The number of anilines is 1. The van der Waals surface area contributed by atoms with Crippen LogP contribution >= 0.6 is 22.9 Å². The number of ketones is 1. The van der Waals surface area contributed by atoms with Gasteiger partial charge in [0, 0.05) is 10.6 Å². The van der Waals surface area contributed by atoms with Gasteiger partial charge in [-0.05, 0) is 53.8 Å². The molecule has 1 N–H and O–H groups in total. The molecule has 0 spiro atoms. The maximum absolute atomic E-state index is 13.5. The SMILES string of the molecule is CCCOc1cccc(C(O)=C2C(=O)C(=O)N(c3nc4ccc(Cl)cc4s3)C2c2ccc(C(C)C)cc2)c1. The minimum Gasteiger partial charge on any atom is -0.507 e. The molecule has 2 heterocycles. The van der Waals surface area contributed by atoms with Crippen LogP contribution in [0.3, 0.4) is 0 Å². The maximum atomic E-state index is 13.5. The van der Waals surface area contributed by atoms with Crippen molar-refractivity contribution in [2.24, 2.45) is 0 Å². The molecule has 1 aliphatic rings. The fourth-order valence-corrected chi connectivity index (χ4v) is 5.77. The number of hydrogen-bond donors (Lipinski definition) is 1. The van der Waals surface area contributed by atoms with Gasteiger partial charge in [0.1, 0.15) is 11.5 Å². The number of fused-ring (bicyclic) bond motifs is 1. The molecule has 0 radical (unpaired) electrons. The van der Waals surface area contributed by atoms with Crippen LogP contribution in [0.4, 0.5) is 5.13 Å². The van der Waals surface area contributed by atoms with Crippen LogP contribution in [0.25, 0.3) is 16.0 Å². The van der Waals surface area contributed by atoms with Gasteiger partial charge in [0.25, 0.3) is 5.78 Å². The highest BCUT2D eigenvalue weighted by atomic mass is 35.5. The second-order valence-corrected chi connectivity index (χ2v) is 10.9. The number of aliphatic hydroxyl groups is 1. The molecule has 1 aliphatic heterocycles. The molecule has 0 aliphatic carbocycles. The number of aromatic nitrogens is 1. The van der Waals surface area contributed by atoms with Crippen molar-refractivity contribution in [1.29, 1.82) is 0 Å². The van der Waals surface area contributed by atoms with Crippen LogP contribution in [0.1, 0.15) is 55.8 Å². The third-order valence-corrected chi connectivity index (χ3v) is 7.74. The zero-order valence-electron chi connectivity index (χ0n) is 21.3. The Balaban J connectivity index is 1.68. The predicted molar refractivity (Wildman–Crippen MR) is 152 cm³/mol. The molecule has 8 heteroatoms. The lowest BCUT2D eigenvalue weighted by Crippen LogP contribution is -2.29. The van der Waals surface area contributed by atoms with Crippen molar-refractivity contribution >= 4 is 55.7 Å². The van der Waals surface area contributed by atoms with E-state index in [0.29, 0.717) is 45.1 Å². The van der Waals surface area contributed by atoms with Crippen LogP contribution in [0.15, 0.2) is 72.3 Å². The molecule has 38 heavy (non-hydrogen) atoms. The van der Waals surface area contributed by atoms with Crippen molar-refractivity contribution in [3.8, 4) is 5.75 Å². The number of halogens is 1. The van der Waals surface area contributed by atoms with E-state index >= 15 is 0 Å². The molecule has 1 amide bonds. The lowest BCUT2D eigenvalue weighted by Gasteiger charge is -2.23. The van der Waals surface area contributed by atoms with Crippen LogP contribution in [0, 0.1) is 0 Å². The monoisotopic (exact) mass is 546 g/mol. The molecule has 6 nitrogen and oxygen atoms in total. The fraction of sp³-hybridized carbons (Fsp3) is 0.233. The first-order valence-electron chi connectivity index (χ1n) is 12.5. The molecule has 0 saturated carbocycles. The molecule has 5 rings (SSSR count). The summed E-state index contributed by atoms with van der Waals surface area (Å²) in [6, 6.07) is 19.1. The van der Waals surface area contributed by atoms with Crippen LogP contribution in [-0.2, 0) is 9.59 Å². The number of ether oxygens (including phenoxy) is 1. The van der Waals surface area contributed by atoms with Gasteiger partial charge in [-0.25, -0.2) is 4.98 Å². The van der Waals surface area contributed by atoms with Gasteiger partial charge >= 0.3 is 5.91 Å². The number of carbonyl (C=O) groups is 2. The number of Topliss-reactive ketones (excluding diaryl/α,β-unsaturated/α-hetero) is 1. The molecule has 1 unspecified atom stereocenters. The summed E-state index contributed by atoms with van der Waals surface area (Å²) in [5.41, 5.74) is 2.91. The van der Waals surface area contributed by atoms with Gasteiger partial charge < -0.3 is 9.84 Å². The Hall–Kier alpha value is -3.68. The van der Waals surface area contributed by atoms with Gasteiger partial charge in [-0.2, -0.15) is 0 Å². The van der Waals surface area contributed by atoms with Crippen molar-refractivity contribution in [1.82, 2.24) is 4.98 Å². The predicted octanol–water partition coefficient (Wildman–Crippen LogP) is 7.49. The summed E-state index contributed by atoms with van der Waals surface area (Å²) in [5, 5.41) is 12.4. The van der Waals surface area contributed by atoms with Gasteiger partial charge in [0.2, 0.25) is 0 Å². The summed E-state index contributed by atoms with van der Waals surface area (Å²) in [4.78, 5) is 33.0. The summed E-state index contributed by atoms with van der Waals surface area (Å²) in [6.07, 6.45) is 0.834.